The topological polar surface area (TPSA) is 659 Å². The van der Waals surface area contributed by atoms with Gasteiger partial charge >= 0.3 is 0 Å². The highest BCUT2D eigenvalue weighted by Crippen LogP contribution is 2.47. The lowest BCUT2D eigenvalue weighted by Crippen LogP contribution is -2.58. The lowest BCUT2D eigenvalue weighted by atomic mass is 10.00. The number of aliphatic hydroxyl groups is 6. The number of imidazole rings is 4. The fourth-order valence-electron chi connectivity index (χ4n) is 9.95. The molecule has 0 saturated carbocycles. The van der Waals surface area contributed by atoms with Crippen LogP contribution in [-0.4, -0.2) is 269 Å². The van der Waals surface area contributed by atoms with Gasteiger partial charge in [0.15, 0.2) is 69.3 Å². The van der Waals surface area contributed by atoms with Gasteiger partial charge in [0.2, 0.25) is 53.3 Å². The Labute approximate surface area is 611 Å². The first kappa shape index (κ1) is 85.6. The van der Waals surface area contributed by atoms with Crippen molar-refractivity contribution in [2.45, 2.75) is 102 Å². The number of rotatable bonds is 33. The average Bonchev–Trinajstić information content (AvgIpc) is 1.66. The third kappa shape index (κ3) is 25.0. The molecule has 50 heteroatoms. The molecule has 108 heavy (non-hydrogen) atoms. The van der Waals surface area contributed by atoms with E-state index in [1.54, 1.807) is 39.2 Å². The summed E-state index contributed by atoms with van der Waals surface area (Å²) in [6.45, 7) is 10.5. The van der Waals surface area contributed by atoms with E-state index >= 15 is 0 Å². The van der Waals surface area contributed by atoms with Crippen molar-refractivity contribution in [2.75, 3.05) is 128 Å². The molecule has 12 atom stereocenters. The van der Waals surface area contributed by atoms with Crippen molar-refractivity contribution in [1.29, 1.82) is 0 Å². The van der Waals surface area contributed by atoms with E-state index in [4.69, 9.17) is 89.1 Å². The second-order valence-corrected chi connectivity index (χ2v) is 35.0. The van der Waals surface area contributed by atoms with Crippen molar-refractivity contribution in [3.05, 3.63) is 103 Å². The van der Waals surface area contributed by atoms with Crippen molar-refractivity contribution >= 4 is 97.9 Å². The minimum Gasteiger partial charge on any atom is -0.391 e. The Morgan fingerprint density at radius 1 is 0.593 bits per heavy atom. The highest BCUT2D eigenvalue weighted by molar-refractivity contribution is 7.58. The molecule has 0 aliphatic carbocycles. The van der Waals surface area contributed by atoms with Crippen LogP contribution in [-0.2, 0) is 107 Å². The maximum absolute atomic E-state index is 12.7. The van der Waals surface area contributed by atoms with Gasteiger partial charge in [-0.25, -0.2) is 19.9 Å². The van der Waals surface area contributed by atoms with Gasteiger partial charge < -0.3 is 119 Å². The number of nitrogens with zero attached hydrogens (tertiary/aromatic N) is 12. The third-order valence-electron chi connectivity index (χ3n) is 15.0. The number of aromatic nitrogens is 16. The molecule has 18 N–H and O–H groups in total. The summed E-state index contributed by atoms with van der Waals surface area (Å²) in [5.74, 6) is -0.800. The molecule has 46 nitrogen and oxygen atoms in total. The molecule has 8 aromatic heterocycles. The molecule has 596 valence electrons. The smallest absolute Gasteiger partial charge is 0.280 e. The van der Waals surface area contributed by atoms with Gasteiger partial charge in [-0.15, -0.1) is 0 Å². The SMILES string of the molecule is CC1(C)OCC(OP(C)(=O)COCCn2cnc3c(=O)[nH]c(N)nc32)O1.COC[C@@H](Cn1cnc2c(=O)[nH]c(N)nc21)OCP(C)(=O)OCc1ccccc1.CP(=O)(COCCn1cnc2c(=O)[nH]c(N)nc21)OC(O)CO.CP(=O)(COCCn1cnc2c(=O)[nH]c(N)nc21)OC[C@H]1OC(O)[C@@H](O)[C@@H](O)[C@@H]1O. The summed E-state index contributed by atoms with van der Waals surface area (Å²) in [5, 5.41) is 56.2. The summed E-state index contributed by atoms with van der Waals surface area (Å²) in [4.78, 5) is 88.7. The zero-order chi connectivity index (χ0) is 78.9. The average molecular weight is 1610 g/mol. The van der Waals surface area contributed by atoms with Gasteiger partial charge in [-0.3, -0.25) is 66.4 Å². The largest absolute Gasteiger partial charge is 0.391 e. The standard InChI is InChI=1S/C18H24N5O5P.C15H24N5O9P.C14H22N5O6P.C11H18N5O6P/c1-26-10-14(8-23-11-20-15-16(23)21-18(19)22-17(15)24)27-12-29(2,25)28-9-13-6-4-3-5-7-13;1-30(26,28-4-7-9(21)10(22)11(23)14(25)29-7)6-27-3-2-20-5-17-8-12(20)18-15(16)19-13(8)24;1-14(2)23-6-9(24-14)25-26(3,21)8-22-5-4-19-7-16-10-11(19)17-13(15)18-12(10)20;1-23(20,22-7(18)4-17)6-21-3-2-16-5-13-8-9(16)14-11(12)15-10(8)19/h3-7,11,14H,8-10,12H2,1-2H3,(H3,19,21,22,24);5,7,9-11,14,21-23,25H,2-4,6H2,1H3,(H3,16,18,19,24);7,9H,4-6,8H2,1-3H3,(H3,15,17,18,20);5,7,17-18H,2-4,6H2,1H3,(H3,12,14,15,19)/t14-,29?;7-,9-,10+,11+,14?,30?;;/m11../s1. The molecule has 11 rings (SSSR count). The number of anilines is 4. The Balaban J connectivity index is 0.000000182. The molecule has 10 heterocycles. The van der Waals surface area contributed by atoms with Gasteiger partial charge in [0, 0.05) is 53.4 Å². The normalized spacial score (nSPS) is 20.6. The van der Waals surface area contributed by atoms with Crippen molar-refractivity contribution in [3.63, 3.8) is 0 Å². The van der Waals surface area contributed by atoms with E-state index < -0.39 is 120 Å². The molecule has 0 bridgehead atoms. The Bertz CT molecular complexity index is 4900. The predicted octanol–water partition coefficient (Wildman–Crippen LogP) is -1.16. The van der Waals surface area contributed by atoms with E-state index in [1.807, 2.05) is 30.3 Å². The molecule has 2 fully saturated rings. The van der Waals surface area contributed by atoms with Gasteiger partial charge in [-0.2, -0.15) is 19.9 Å². The molecule has 2 saturated heterocycles. The predicted molar refractivity (Wildman–Crippen MR) is 385 cm³/mol. The number of ether oxygens (including phenoxy) is 8. The van der Waals surface area contributed by atoms with Crippen LogP contribution < -0.4 is 45.2 Å². The zero-order valence-electron chi connectivity index (χ0n) is 59.4. The monoisotopic (exact) mass is 1600 g/mol. The quantitative estimate of drug-likeness (QED) is 0.0131. The molecule has 0 radical (unpaired) electrons. The minimum absolute atomic E-state index is 0.000770. The minimum atomic E-state index is -3.27. The van der Waals surface area contributed by atoms with E-state index in [9.17, 15) is 57.9 Å². The molecule has 1 aromatic carbocycles. The molecule has 2 aliphatic heterocycles. The number of hydrogen-bond donors (Lipinski definition) is 14. The van der Waals surface area contributed by atoms with Gasteiger partial charge in [-0.1, -0.05) is 30.3 Å². The van der Waals surface area contributed by atoms with Crippen LogP contribution in [0.5, 0.6) is 0 Å². The number of H-pyrrole nitrogens is 4. The van der Waals surface area contributed by atoms with E-state index in [0.717, 1.165) is 5.56 Å². The van der Waals surface area contributed by atoms with Crippen molar-refractivity contribution in [1.82, 2.24) is 78.1 Å². The van der Waals surface area contributed by atoms with E-state index in [2.05, 4.69) is 59.8 Å². The second-order valence-electron chi connectivity index (χ2n) is 24.9. The van der Waals surface area contributed by atoms with E-state index in [0.29, 0.717) is 42.2 Å². The number of hydrogen-bond acceptors (Lipinski definition) is 38. The van der Waals surface area contributed by atoms with Crippen LogP contribution in [0.15, 0.2) is 74.8 Å². The Kier molecular flexibility index (Phi) is 30.2. The summed E-state index contributed by atoms with van der Waals surface area (Å²) in [5.41, 5.74) is 23.4. The van der Waals surface area contributed by atoms with Crippen LogP contribution in [0.1, 0.15) is 19.4 Å². The summed E-state index contributed by atoms with van der Waals surface area (Å²) >= 11 is 0. The first-order valence-corrected chi connectivity index (χ1v) is 41.6. The second kappa shape index (κ2) is 38.1. The fourth-order valence-corrected chi connectivity index (χ4v) is 14.2. The summed E-state index contributed by atoms with van der Waals surface area (Å²) in [6.07, 6.45) is -5.18. The molecule has 2 aliphatic rings. The van der Waals surface area contributed by atoms with Gasteiger partial charge in [0.25, 0.3) is 22.2 Å². The maximum atomic E-state index is 12.7. The van der Waals surface area contributed by atoms with E-state index in [-0.39, 0.29) is 117 Å². The molecular weight excluding hydrogens is 1520 g/mol. The van der Waals surface area contributed by atoms with E-state index in [1.165, 1.54) is 52.0 Å². The molecule has 0 spiro atoms. The van der Waals surface area contributed by atoms with Crippen LogP contribution in [0.25, 0.3) is 44.7 Å². The fraction of sp³-hybridized carbons (Fsp3) is 0.552. The van der Waals surface area contributed by atoms with Crippen molar-refractivity contribution < 1.29 is 105 Å². The Morgan fingerprint density at radius 3 is 1.45 bits per heavy atom. The summed E-state index contributed by atoms with van der Waals surface area (Å²) in [7, 11) is -10.9. The van der Waals surface area contributed by atoms with Crippen LogP contribution >= 0.6 is 29.5 Å². The summed E-state index contributed by atoms with van der Waals surface area (Å²) in [6, 6.07) is 9.50. The van der Waals surface area contributed by atoms with Crippen LogP contribution in [0, 0.1) is 0 Å². The number of aromatic amines is 4. The number of nitrogens with one attached hydrogen (secondary N) is 4. The van der Waals surface area contributed by atoms with Crippen LogP contribution in [0.3, 0.4) is 0 Å². The first-order valence-electron chi connectivity index (χ1n) is 32.5. The van der Waals surface area contributed by atoms with Gasteiger partial charge in [0.1, 0.15) is 56.4 Å². The number of nitrogen functional groups attached to an aromatic ring is 4. The maximum Gasteiger partial charge on any atom is 0.280 e. The van der Waals surface area contributed by atoms with Gasteiger partial charge in [0.05, 0.1) is 84.2 Å². The van der Waals surface area contributed by atoms with Gasteiger partial charge in [-0.05, 0) is 19.4 Å². The molecule has 0 amide bonds. The Morgan fingerprint density at radius 2 is 1.02 bits per heavy atom. The van der Waals surface area contributed by atoms with Crippen molar-refractivity contribution in [3.8, 4) is 0 Å². The lowest BCUT2D eigenvalue weighted by Gasteiger charge is -2.38. The number of fused-ring (bicyclic) bond motifs is 4. The van der Waals surface area contributed by atoms with Crippen LogP contribution in [0.2, 0.25) is 0 Å². The zero-order valence-corrected chi connectivity index (χ0v) is 63.0. The third-order valence-corrected chi connectivity index (χ3v) is 20.4. The summed E-state index contributed by atoms with van der Waals surface area (Å²) < 4.78 is 120. The van der Waals surface area contributed by atoms with Crippen LogP contribution in [0.4, 0.5) is 23.8 Å². The first-order chi connectivity index (χ1) is 50.9. The molecular formula is C58H88N20O26P4. The number of methoxy groups -OCH3 is 1. The lowest BCUT2D eigenvalue weighted by molar-refractivity contribution is -0.285. The Hall–Kier alpha value is -7.98. The molecule has 7 unspecified atom stereocenters. The molecule has 9 aromatic rings. The number of benzene rings is 1. The number of nitrogens with two attached hydrogens (primary N) is 4. The highest BCUT2D eigenvalue weighted by atomic mass is 31.2. The van der Waals surface area contributed by atoms with Crippen molar-refractivity contribution in [2.24, 2.45) is 0 Å². The highest BCUT2D eigenvalue weighted by Gasteiger charge is 2.44. The number of aliphatic hydroxyl groups excluding tert-OH is 6.